The smallest absolute Gasteiger partial charge is 0.150 e. The quantitative estimate of drug-likeness (QED) is 0.761. The normalized spacial score (nSPS) is 19.4. The van der Waals surface area contributed by atoms with Crippen LogP contribution < -0.4 is 4.90 Å². The van der Waals surface area contributed by atoms with Gasteiger partial charge in [-0.2, -0.15) is 11.8 Å². The molecule has 3 heteroatoms. The molecule has 2 rings (SSSR count). The van der Waals surface area contributed by atoms with Gasteiger partial charge < -0.3 is 4.90 Å². The molecular weight excluding hydrogens is 242 g/mol. The first-order valence-electron chi connectivity index (χ1n) is 6.46. The highest BCUT2D eigenvalue weighted by atomic mass is 32.2. The summed E-state index contributed by atoms with van der Waals surface area (Å²) in [6.07, 6.45) is 2.12. The van der Waals surface area contributed by atoms with Crippen molar-refractivity contribution >= 4 is 23.7 Å². The summed E-state index contributed by atoms with van der Waals surface area (Å²) in [4.78, 5) is 13.2. The van der Waals surface area contributed by atoms with Gasteiger partial charge in [0, 0.05) is 34.8 Å². The highest BCUT2D eigenvalue weighted by Crippen LogP contribution is 2.33. The largest absolute Gasteiger partial charge is 0.370 e. The highest BCUT2D eigenvalue weighted by Gasteiger charge is 2.24. The van der Waals surface area contributed by atoms with E-state index in [1.807, 2.05) is 12.1 Å². The second kappa shape index (κ2) is 5.35. The summed E-state index contributed by atoms with van der Waals surface area (Å²) < 4.78 is 0.380. The number of hydrogen-bond donors (Lipinski definition) is 0. The molecular formula is C15H21NOS. The Hall–Kier alpha value is -0.960. The fourth-order valence-corrected chi connectivity index (χ4v) is 3.47. The topological polar surface area (TPSA) is 20.3 Å². The predicted octanol–water partition coefficient (Wildman–Crippen LogP) is 3.53. The van der Waals surface area contributed by atoms with Crippen molar-refractivity contribution in [3.05, 3.63) is 29.3 Å². The number of thioether (sulfide) groups is 1. The number of hydrogen-bond acceptors (Lipinski definition) is 3. The van der Waals surface area contributed by atoms with Gasteiger partial charge in [-0.15, -0.1) is 0 Å². The summed E-state index contributed by atoms with van der Waals surface area (Å²) in [5.74, 6) is 1.17. The lowest BCUT2D eigenvalue weighted by Crippen LogP contribution is -2.27. The van der Waals surface area contributed by atoms with Crippen LogP contribution in [-0.2, 0) is 0 Å². The fourth-order valence-electron chi connectivity index (χ4n) is 2.37. The lowest BCUT2D eigenvalue weighted by molar-refractivity contribution is 0.112. The average Bonchev–Trinajstić information content (AvgIpc) is 2.50. The van der Waals surface area contributed by atoms with Crippen molar-refractivity contribution in [1.82, 2.24) is 0 Å². The number of rotatable bonds is 2. The Balaban J connectivity index is 2.18. The van der Waals surface area contributed by atoms with Crippen LogP contribution in [0.3, 0.4) is 0 Å². The second-order valence-corrected chi connectivity index (χ2v) is 7.31. The van der Waals surface area contributed by atoms with Gasteiger partial charge in [-0.25, -0.2) is 0 Å². The van der Waals surface area contributed by atoms with Gasteiger partial charge in [0.05, 0.1) is 0 Å². The van der Waals surface area contributed by atoms with E-state index in [4.69, 9.17) is 0 Å². The minimum Gasteiger partial charge on any atom is -0.370 e. The van der Waals surface area contributed by atoms with Crippen molar-refractivity contribution in [3.63, 3.8) is 0 Å². The number of nitrogens with zero attached hydrogens (tertiary/aromatic N) is 1. The Morgan fingerprint density at radius 2 is 2.11 bits per heavy atom. The number of anilines is 1. The van der Waals surface area contributed by atoms with Gasteiger partial charge >= 0.3 is 0 Å². The summed E-state index contributed by atoms with van der Waals surface area (Å²) >= 11 is 2.06. The molecule has 0 saturated carbocycles. The summed E-state index contributed by atoms with van der Waals surface area (Å²) in [5.41, 5.74) is 3.24. The standard InChI is InChI=1S/C15H21NOS/c1-12-10-13(11-17)4-5-14(12)16-7-6-15(2,3)18-9-8-16/h4-5,10-11H,6-9H2,1-3H3. The Kier molecular flexibility index (Phi) is 4.00. The summed E-state index contributed by atoms with van der Waals surface area (Å²) in [5, 5.41) is 0. The molecule has 1 fully saturated rings. The van der Waals surface area contributed by atoms with Crippen molar-refractivity contribution < 1.29 is 4.79 Å². The van der Waals surface area contributed by atoms with Gasteiger partial charge in [0.2, 0.25) is 0 Å². The molecule has 0 atom stereocenters. The number of carbonyl (C=O) groups is 1. The molecule has 1 saturated heterocycles. The van der Waals surface area contributed by atoms with E-state index in [0.717, 1.165) is 24.9 Å². The number of aryl methyl sites for hydroxylation is 1. The van der Waals surface area contributed by atoms with Crippen molar-refractivity contribution in [3.8, 4) is 0 Å². The maximum Gasteiger partial charge on any atom is 0.150 e. The summed E-state index contributed by atoms with van der Waals surface area (Å²) in [7, 11) is 0. The van der Waals surface area contributed by atoms with E-state index < -0.39 is 0 Å². The van der Waals surface area contributed by atoms with Crippen molar-refractivity contribution in [1.29, 1.82) is 0 Å². The van der Waals surface area contributed by atoms with Crippen LogP contribution in [0.2, 0.25) is 0 Å². The predicted molar refractivity (Wildman–Crippen MR) is 79.9 cm³/mol. The molecule has 1 aromatic carbocycles. The van der Waals surface area contributed by atoms with E-state index in [-0.39, 0.29) is 0 Å². The van der Waals surface area contributed by atoms with E-state index in [2.05, 4.69) is 43.5 Å². The van der Waals surface area contributed by atoms with Gasteiger partial charge in [-0.3, -0.25) is 4.79 Å². The van der Waals surface area contributed by atoms with Crippen LogP contribution in [0.1, 0.15) is 36.2 Å². The molecule has 1 aliphatic rings. The maximum atomic E-state index is 10.8. The zero-order valence-electron chi connectivity index (χ0n) is 11.4. The van der Waals surface area contributed by atoms with Crippen LogP contribution >= 0.6 is 11.8 Å². The molecule has 0 aromatic heterocycles. The molecule has 0 unspecified atom stereocenters. The first-order chi connectivity index (χ1) is 8.52. The SMILES string of the molecule is Cc1cc(C=O)ccc1N1CCSC(C)(C)CC1. The summed E-state index contributed by atoms with van der Waals surface area (Å²) in [6.45, 7) is 8.93. The second-order valence-electron chi connectivity index (χ2n) is 5.51. The molecule has 0 bridgehead atoms. The summed E-state index contributed by atoms with van der Waals surface area (Å²) in [6, 6.07) is 5.98. The Morgan fingerprint density at radius 1 is 1.33 bits per heavy atom. The fraction of sp³-hybridized carbons (Fsp3) is 0.533. The van der Waals surface area contributed by atoms with Crippen molar-refractivity contribution in [2.24, 2.45) is 0 Å². The van der Waals surface area contributed by atoms with Crippen LogP contribution in [-0.4, -0.2) is 29.9 Å². The van der Waals surface area contributed by atoms with Gasteiger partial charge in [0.15, 0.2) is 0 Å². The van der Waals surface area contributed by atoms with Crippen LogP contribution in [0, 0.1) is 6.92 Å². The molecule has 0 amide bonds. The lowest BCUT2D eigenvalue weighted by Gasteiger charge is -2.25. The third kappa shape index (κ3) is 3.08. The van der Waals surface area contributed by atoms with Crippen molar-refractivity contribution in [2.75, 3.05) is 23.7 Å². The van der Waals surface area contributed by atoms with Crippen LogP contribution in [0.4, 0.5) is 5.69 Å². The third-order valence-corrected chi connectivity index (χ3v) is 4.91. The molecule has 1 heterocycles. The molecule has 0 N–H and O–H groups in total. The third-order valence-electron chi connectivity index (χ3n) is 3.54. The molecule has 0 aliphatic carbocycles. The number of aldehydes is 1. The van der Waals surface area contributed by atoms with E-state index in [1.165, 1.54) is 23.4 Å². The average molecular weight is 263 g/mol. The minimum absolute atomic E-state index is 0.380. The number of benzene rings is 1. The van der Waals surface area contributed by atoms with Gasteiger partial charge in [0.1, 0.15) is 6.29 Å². The maximum absolute atomic E-state index is 10.8. The molecule has 0 radical (unpaired) electrons. The van der Waals surface area contributed by atoms with Gasteiger partial charge in [-0.05, 0) is 37.1 Å². The van der Waals surface area contributed by atoms with Crippen molar-refractivity contribution in [2.45, 2.75) is 31.9 Å². The number of carbonyl (C=O) groups excluding carboxylic acids is 1. The van der Waals surface area contributed by atoms with E-state index in [0.29, 0.717) is 4.75 Å². The van der Waals surface area contributed by atoms with Gasteiger partial charge in [-0.1, -0.05) is 13.8 Å². The van der Waals surface area contributed by atoms with E-state index in [1.54, 1.807) is 0 Å². The first-order valence-corrected chi connectivity index (χ1v) is 7.45. The zero-order chi connectivity index (χ0) is 13.2. The minimum atomic E-state index is 0.380. The molecule has 1 aliphatic heterocycles. The molecule has 2 nitrogen and oxygen atoms in total. The first kappa shape index (κ1) is 13.5. The molecule has 98 valence electrons. The van der Waals surface area contributed by atoms with E-state index in [9.17, 15) is 4.79 Å². The van der Waals surface area contributed by atoms with Crippen LogP contribution in [0.5, 0.6) is 0 Å². The van der Waals surface area contributed by atoms with E-state index >= 15 is 0 Å². The molecule has 0 spiro atoms. The Morgan fingerprint density at radius 3 is 2.78 bits per heavy atom. The van der Waals surface area contributed by atoms with Crippen LogP contribution in [0.15, 0.2) is 18.2 Å². The molecule has 18 heavy (non-hydrogen) atoms. The Bertz CT molecular complexity index is 442. The van der Waals surface area contributed by atoms with Gasteiger partial charge in [0.25, 0.3) is 0 Å². The highest BCUT2D eigenvalue weighted by molar-refractivity contribution is 8.00. The monoisotopic (exact) mass is 263 g/mol. The molecule has 1 aromatic rings. The lowest BCUT2D eigenvalue weighted by atomic mass is 10.1. The Labute approximate surface area is 114 Å². The van der Waals surface area contributed by atoms with Crippen LogP contribution in [0.25, 0.3) is 0 Å². The zero-order valence-corrected chi connectivity index (χ0v) is 12.2.